The predicted octanol–water partition coefficient (Wildman–Crippen LogP) is 3.14. The minimum atomic E-state index is 0.484. The standard InChI is InChI=1S/C12H12ClN3/c1-2-4-12-15-10(7-11(13)16-12)9-5-3-6-14-8-9/h3,5-8H,2,4H2,1H3. The molecule has 0 spiro atoms. The number of hydrogen-bond acceptors (Lipinski definition) is 3. The van der Waals surface area contributed by atoms with Crippen LogP contribution >= 0.6 is 11.6 Å². The molecule has 0 radical (unpaired) electrons. The molecule has 0 N–H and O–H groups in total. The fourth-order valence-electron chi connectivity index (χ4n) is 1.46. The van der Waals surface area contributed by atoms with Crippen LogP contribution in [0.5, 0.6) is 0 Å². The summed E-state index contributed by atoms with van der Waals surface area (Å²) in [7, 11) is 0. The summed E-state index contributed by atoms with van der Waals surface area (Å²) in [5.41, 5.74) is 1.79. The first-order valence-electron chi connectivity index (χ1n) is 5.23. The second kappa shape index (κ2) is 5.03. The lowest BCUT2D eigenvalue weighted by atomic mass is 10.2. The SMILES string of the molecule is CCCc1nc(Cl)cc(-c2cccnc2)n1. The summed E-state index contributed by atoms with van der Waals surface area (Å²) in [6.45, 7) is 2.09. The molecular weight excluding hydrogens is 222 g/mol. The zero-order valence-electron chi connectivity index (χ0n) is 9.02. The molecule has 0 atom stereocenters. The molecule has 0 aliphatic rings. The highest BCUT2D eigenvalue weighted by Crippen LogP contribution is 2.19. The lowest BCUT2D eigenvalue weighted by molar-refractivity contribution is 0.836. The molecule has 0 aliphatic heterocycles. The van der Waals surface area contributed by atoms with Gasteiger partial charge >= 0.3 is 0 Å². The van der Waals surface area contributed by atoms with Crippen molar-refractivity contribution in [1.29, 1.82) is 0 Å². The number of rotatable bonds is 3. The summed E-state index contributed by atoms with van der Waals surface area (Å²) >= 11 is 5.96. The first kappa shape index (κ1) is 11.0. The van der Waals surface area contributed by atoms with Crippen molar-refractivity contribution in [3.63, 3.8) is 0 Å². The van der Waals surface area contributed by atoms with Crippen LogP contribution in [0, 0.1) is 0 Å². The maximum absolute atomic E-state index is 5.96. The molecule has 0 fully saturated rings. The van der Waals surface area contributed by atoms with E-state index in [4.69, 9.17) is 11.6 Å². The van der Waals surface area contributed by atoms with Crippen molar-refractivity contribution in [2.75, 3.05) is 0 Å². The van der Waals surface area contributed by atoms with Crippen molar-refractivity contribution >= 4 is 11.6 Å². The van der Waals surface area contributed by atoms with Gasteiger partial charge in [0.25, 0.3) is 0 Å². The zero-order valence-corrected chi connectivity index (χ0v) is 9.78. The molecule has 4 heteroatoms. The van der Waals surface area contributed by atoms with Crippen molar-refractivity contribution in [3.05, 3.63) is 41.6 Å². The van der Waals surface area contributed by atoms with E-state index in [0.29, 0.717) is 5.15 Å². The second-order valence-electron chi connectivity index (χ2n) is 3.48. The Balaban J connectivity index is 2.41. The lowest BCUT2D eigenvalue weighted by Crippen LogP contribution is -1.97. The Labute approximate surface area is 99.5 Å². The maximum atomic E-state index is 5.96. The van der Waals surface area contributed by atoms with Gasteiger partial charge in [0, 0.05) is 30.4 Å². The molecule has 0 aromatic carbocycles. The van der Waals surface area contributed by atoms with Gasteiger partial charge in [-0.3, -0.25) is 4.98 Å². The van der Waals surface area contributed by atoms with Crippen molar-refractivity contribution in [2.24, 2.45) is 0 Å². The van der Waals surface area contributed by atoms with E-state index < -0.39 is 0 Å². The average Bonchev–Trinajstić information content (AvgIpc) is 2.30. The minimum Gasteiger partial charge on any atom is -0.264 e. The molecule has 0 unspecified atom stereocenters. The summed E-state index contributed by atoms with van der Waals surface area (Å²) in [5, 5.41) is 0.484. The van der Waals surface area contributed by atoms with E-state index >= 15 is 0 Å². The first-order chi connectivity index (χ1) is 7.79. The van der Waals surface area contributed by atoms with E-state index in [0.717, 1.165) is 29.9 Å². The molecule has 2 heterocycles. The monoisotopic (exact) mass is 233 g/mol. The van der Waals surface area contributed by atoms with Gasteiger partial charge in [-0.15, -0.1) is 0 Å². The highest BCUT2D eigenvalue weighted by Gasteiger charge is 2.04. The highest BCUT2D eigenvalue weighted by atomic mass is 35.5. The van der Waals surface area contributed by atoms with Gasteiger partial charge in [0.15, 0.2) is 0 Å². The van der Waals surface area contributed by atoms with E-state index in [1.807, 2.05) is 12.1 Å². The fraction of sp³-hybridized carbons (Fsp3) is 0.250. The number of nitrogens with zero attached hydrogens (tertiary/aromatic N) is 3. The van der Waals surface area contributed by atoms with Crippen molar-refractivity contribution in [1.82, 2.24) is 15.0 Å². The maximum Gasteiger partial charge on any atom is 0.133 e. The molecule has 0 bridgehead atoms. The second-order valence-corrected chi connectivity index (χ2v) is 3.87. The molecule has 0 aliphatic carbocycles. The van der Waals surface area contributed by atoms with Crippen LogP contribution in [-0.4, -0.2) is 15.0 Å². The Hall–Kier alpha value is -1.48. The van der Waals surface area contributed by atoms with Gasteiger partial charge in [-0.2, -0.15) is 0 Å². The van der Waals surface area contributed by atoms with E-state index in [9.17, 15) is 0 Å². The number of aromatic nitrogens is 3. The molecule has 2 rings (SSSR count). The van der Waals surface area contributed by atoms with Gasteiger partial charge in [-0.1, -0.05) is 18.5 Å². The van der Waals surface area contributed by atoms with Gasteiger partial charge in [0.2, 0.25) is 0 Å². The third-order valence-electron chi connectivity index (χ3n) is 2.17. The molecule has 2 aromatic heterocycles. The van der Waals surface area contributed by atoms with Gasteiger partial charge in [0.05, 0.1) is 5.69 Å². The Morgan fingerprint density at radius 1 is 1.31 bits per heavy atom. The van der Waals surface area contributed by atoms with Crippen molar-refractivity contribution in [2.45, 2.75) is 19.8 Å². The minimum absolute atomic E-state index is 0.484. The van der Waals surface area contributed by atoms with Gasteiger partial charge in [0.1, 0.15) is 11.0 Å². The highest BCUT2D eigenvalue weighted by molar-refractivity contribution is 6.29. The predicted molar refractivity (Wildman–Crippen MR) is 64.3 cm³/mol. The van der Waals surface area contributed by atoms with Crippen LogP contribution in [0.15, 0.2) is 30.6 Å². The normalized spacial score (nSPS) is 10.4. The lowest BCUT2D eigenvalue weighted by Gasteiger charge is -2.03. The quantitative estimate of drug-likeness (QED) is 0.765. The molecule has 0 saturated carbocycles. The van der Waals surface area contributed by atoms with E-state index in [2.05, 4.69) is 21.9 Å². The summed E-state index contributed by atoms with van der Waals surface area (Å²) in [6, 6.07) is 5.60. The molecule has 82 valence electrons. The summed E-state index contributed by atoms with van der Waals surface area (Å²) in [4.78, 5) is 12.7. The van der Waals surface area contributed by atoms with Crippen molar-refractivity contribution in [3.8, 4) is 11.3 Å². The van der Waals surface area contributed by atoms with Crippen LogP contribution in [0.2, 0.25) is 5.15 Å². The van der Waals surface area contributed by atoms with Crippen LogP contribution in [0.4, 0.5) is 0 Å². The molecule has 2 aromatic rings. The van der Waals surface area contributed by atoms with Crippen LogP contribution in [0.3, 0.4) is 0 Å². The summed E-state index contributed by atoms with van der Waals surface area (Å²) in [5.74, 6) is 0.786. The Morgan fingerprint density at radius 3 is 2.88 bits per heavy atom. The number of pyridine rings is 1. The number of aryl methyl sites for hydroxylation is 1. The van der Waals surface area contributed by atoms with E-state index in [1.54, 1.807) is 18.5 Å². The van der Waals surface area contributed by atoms with E-state index in [-0.39, 0.29) is 0 Å². The Bertz CT molecular complexity index is 471. The molecule has 0 saturated heterocycles. The van der Waals surface area contributed by atoms with Crippen LogP contribution in [0.1, 0.15) is 19.2 Å². The smallest absolute Gasteiger partial charge is 0.133 e. The Morgan fingerprint density at radius 2 is 2.19 bits per heavy atom. The largest absolute Gasteiger partial charge is 0.264 e. The average molecular weight is 234 g/mol. The number of hydrogen-bond donors (Lipinski definition) is 0. The fourth-order valence-corrected chi connectivity index (χ4v) is 1.66. The van der Waals surface area contributed by atoms with Crippen LogP contribution in [0.25, 0.3) is 11.3 Å². The summed E-state index contributed by atoms with van der Waals surface area (Å²) in [6.07, 6.45) is 5.36. The molecular formula is C12H12ClN3. The Kier molecular flexibility index (Phi) is 3.47. The molecule has 3 nitrogen and oxygen atoms in total. The topological polar surface area (TPSA) is 38.7 Å². The van der Waals surface area contributed by atoms with Crippen molar-refractivity contribution < 1.29 is 0 Å². The third-order valence-corrected chi connectivity index (χ3v) is 2.37. The van der Waals surface area contributed by atoms with Crippen LogP contribution < -0.4 is 0 Å². The molecule has 0 amide bonds. The van der Waals surface area contributed by atoms with E-state index in [1.165, 1.54) is 0 Å². The number of halogens is 1. The first-order valence-corrected chi connectivity index (χ1v) is 5.61. The zero-order chi connectivity index (χ0) is 11.4. The summed E-state index contributed by atoms with van der Waals surface area (Å²) < 4.78 is 0. The van der Waals surface area contributed by atoms with Crippen LogP contribution in [-0.2, 0) is 6.42 Å². The van der Waals surface area contributed by atoms with Gasteiger partial charge in [-0.05, 0) is 18.6 Å². The third kappa shape index (κ3) is 2.55. The van der Waals surface area contributed by atoms with Gasteiger partial charge < -0.3 is 0 Å². The molecule has 16 heavy (non-hydrogen) atoms. The van der Waals surface area contributed by atoms with Gasteiger partial charge in [-0.25, -0.2) is 9.97 Å².